The van der Waals surface area contributed by atoms with Gasteiger partial charge >= 0.3 is 0 Å². The highest BCUT2D eigenvalue weighted by Gasteiger charge is 1.86. The number of ether oxygens (including phenoxy) is 1. The second kappa shape index (κ2) is 9.66. The summed E-state index contributed by atoms with van der Waals surface area (Å²) in [5.41, 5.74) is 0. The molecule has 2 nitrogen and oxygen atoms in total. The molecule has 0 aliphatic rings. The lowest BCUT2D eigenvalue weighted by Gasteiger charge is -2.01. The first-order valence-electron chi connectivity index (χ1n) is 4.22. The van der Waals surface area contributed by atoms with Gasteiger partial charge in [0.15, 0.2) is 0 Å². The molecule has 0 heterocycles. The summed E-state index contributed by atoms with van der Waals surface area (Å²) in [5, 5.41) is 3.32. The molecule has 0 spiro atoms. The van der Waals surface area contributed by atoms with Crippen molar-refractivity contribution in [1.29, 1.82) is 0 Å². The Morgan fingerprint density at radius 1 is 1.36 bits per heavy atom. The van der Waals surface area contributed by atoms with Crippen molar-refractivity contribution in [2.75, 3.05) is 26.8 Å². The molecule has 0 amide bonds. The Hall–Kier alpha value is -0.340. The SMILES string of the molecule is C=CCCNCCCCOC. The van der Waals surface area contributed by atoms with E-state index in [1.54, 1.807) is 7.11 Å². The Kier molecular flexibility index (Phi) is 9.36. The van der Waals surface area contributed by atoms with E-state index >= 15 is 0 Å². The molecule has 0 unspecified atom stereocenters. The van der Waals surface area contributed by atoms with Gasteiger partial charge in [-0.3, -0.25) is 0 Å². The summed E-state index contributed by atoms with van der Waals surface area (Å²) in [5.74, 6) is 0. The summed E-state index contributed by atoms with van der Waals surface area (Å²) in [7, 11) is 1.74. The minimum Gasteiger partial charge on any atom is -0.385 e. The fourth-order valence-electron chi connectivity index (χ4n) is 0.826. The zero-order valence-electron chi connectivity index (χ0n) is 7.44. The zero-order chi connectivity index (χ0) is 8.36. The second-order valence-electron chi connectivity index (χ2n) is 2.53. The Bertz CT molecular complexity index is 83.6. The lowest BCUT2D eigenvalue weighted by Crippen LogP contribution is -2.16. The summed E-state index contributed by atoms with van der Waals surface area (Å²) >= 11 is 0. The van der Waals surface area contributed by atoms with Crippen LogP contribution in [0.2, 0.25) is 0 Å². The van der Waals surface area contributed by atoms with Crippen molar-refractivity contribution >= 4 is 0 Å². The molecule has 0 aromatic carbocycles. The van der Waals surface area contributed by atoms with Crippen LogP contribution in [0.5, 0.6) is 0 Å². The van der Waals surface area contributed by atoms with Gasteiger partial charge in [0.25, 0.3) is 0 Å². The molecule has 0 atom stereocenters. The Labute approximate surface area is 69.6 Å². The molecule has 0 fully saturated rings. The largest absolute Gasteiger partial charge is 0.385 e. The van der Waals surface area contributed by atoms with Gasteiger partial charge in [0.2, 0.25) is 0 Å². The van der Waals surface area contributed by atoms with Crippen LogP contribution < -0.4 is 5.32 Å². The van der Waals surface area contributed by atoms with Crippen molar-refractivity contribution in [2.45, 2.75) is 19.3 Å². The monoisotopic (exact) mass is 157 g/mol. The first-order valence-corrected chi connectivity index (χ1v) is 4.22. The second-order valence-corrected chi connectivity index (χ2v) is 2.53. The van der Waals surface area contributed by atoms with Crippen LogP contribution in [0.25, 0.3) is 0 Å². The van der Waals surface area contributed by atoms with Gasteiger partial charge < -0.3 is 10.1 Å². The van der Waals surface area contributed by atoms with Crippen molar-refractivity contribution in [3.63, 3.8) is 0 Å². The number of rotatable bonds is 8. The van der Waals surface area contributed by atoms with Gasteiger partial charge in [-0.05, 0) is 32.4 Å². The van der Waals surface area contributed by atoms with Gasteiger partial charge in [0.1, 0.15) is 0 Å². The third-order valence-electron chi connectivity index (χ3n) is 1.48. The first kappa shape index (κ1) is 10.7. The van der Waals surface area contributed by atoms with E-state index in [2.05, 4.69) is 11.9 Å². The average Bonchev–Trinajstić information content (AvgIpc) is 2.03. The minimum absolute atomic E-state index is 0.878. The van der Waals surface area contributed by atoms with Gasteiger partial charge in [-0.25, -0.2) is 0 Å². The van der Waals surface area contributed by atoms with E-state index in [9.17, 15) is 0 Å². The number of unbranched alkanes of at least 4 members (excludes halogenated alkanes) is 1. The van der Waals surface area contributed by atoms with E-state index in [4.69, 9.17) is 4.74 Å². The molecule has 0 radical (unpaired) electrons. The average molecular weight is 157 g/mol. The van der Waals surface area contributed by atoms with E-state index in [0.717, 1.165) is 32.5 Å². The Morgan fingerprint density at radius 3 is 2.82 bits per heavy atom. The number of hydrogen-bond donors (Lipinski definition) is 1. The molecular formula is C9H19NO. The smallest absolute Gasteiger partial charge is 0.0462 e. The molecule has 0 aliphatic heterocycles. The third-order valence-corrected chi connectivity index (χ3v) is 1.48. The molecule has 0 aliphatic carbocycles. The van der Waals surface area contributed by atoms with E-state index in [-0.39, 0.29) is 0 Å². The van der Waals surface area contributed by atoms with Gasteiger partial charge in [0, 0.05) is 13.7 Å². The molecule has 0 rings (SSSR count). The maximum absolute atomic E-state index is 4.93. The van der Waals surface area contributed by atoms with E-state index in [1.807, 2.05) is 6.08 Å². The molecule has 0 aromatic rings. The Balaban J connectivity index is 2.74. The topological polar surface area (TPSA) is 21.3 Å². The number of methoxy groups -OCH3 is 1. The van der Waals surface area contributed by atoms with Crippen LogP contribution in [-0.4, -0.2) is 26.8 Å². The molecule has 0 bridgehead atoms. The predicted octanol–water partition coefficient (Wildman–Crippen LogP) is 1.58. The molecule has 0 aromatic heterocycles. The lowest BCUT2D eigenvalue weighted by atomic mass is 10.3. The van der Waals surface area contributed by atoms with Crippen molar-refractivity contribution in [3.05, 3.63) is 12.7 Å². The van der Waals surface area contributed by atoms with E-state index in [1.165, 1.54) is 6.42 Å². The van der Waals surface area contributed by atoms with Gasteiger partial charge in [-0.2, -0.15) is 0 Å². The standard InChI is InChI=1S/C9H19NO/c1-3-4-7-10-8-5-6-9-11-2/h3,10H,1,4-9H2,2H3. The van der Waals surface area contributed by atoms with E-state index < -0.39 is 0 Å². The summed E-state index contributed by atoms with van der Waals surface area (Å²) in [6.07, 6.45) is 5.34. The van der Waals surface area contributed by atoms with Crippen LogP contribution >= 0.6 is 0 Å². The lowest BCUT2D eigenvalue weighted by molar-refractivity contribution is 0.192. The van der Waals surface area contributed by atoms with Gasteiger partial charge in [-0.15, -0.1) is 6.58 Å². The highest BCUT2D eigenvalue weighted by atomic mass is 16.5. The van der Waals surface area contributed by atoms with Crippen molar-refractivity contribution in [3.8, 4) is 0 Å². The predicted molar refractivity (Wildman–Crippen MR) is 48.8 cm³/mol. The first-order chi connectivity index (χ1) is 5.41. The van der Waals surface area contributed by atoms with Crippen molar-refractivity contribution < 1.29 is 4.74 Å². The van der Waals surface area contributed by atoms with Crippen LogP contribution in [0.4, 0.5) is 0 Å². The maximum Gasteiger partial charge on any atom is 0.0462 e. The zero-order valence-corrected chi connectivity index (χ0v) is 7.44. The van der Waals surface area contributed by atoms with Gasteiger partial charge in [0.05, 0.1) is 0 Å². The molecule has 11 heavy (non-hydrogen) atoms. The molecule has 1 N–H and O–H groups in total. The van der Waals surface area contributed by atoms with Gasteiger partial charge in [-0.1, -0.05) is 6.08 Å². The molecule has 66 valence electrons. The molecular weight excluding hydrogens is 138 g/mol. The van der Waals surface area contributed by atoms with Crippen LogP contribution in [0, 0.1) is 0 Å². The fraction of sp³-hybridized carbons (Fsp3) is 0.778. The van der Waals surface area contributed by atoms with Crippen LogP contribution in [-0.2, 0) is 4.74 Å². The van der Waals surface area contributed by atoms with E-state index in [0.29, 0.717) is 0 Å². The van der Waals surface area contributed by atoms with Crippen molar-refractivity contribution in [2.24, 2.45) is 0 Å². The summed E-state index contributed by atoms with van der Waals surface area (Å²) < 4.78 is 4.93. The highest BCUT2D eigenvalue weighted by Crippen LogP contribution is 1.86. The number of nitrogens with one attached hydrogen (secondary N) is 1. The molecule has 0 saturated heterocycles. The summed E-state index contributed by atoms with van der Waals surface area (Å²) in [6, 6.07) is 0. The van der Waals surface area contributed by atoms with Crippen LogP contribution in [0.3, 0.4) is 0 Å². The summed E-state index contributed by atoms with van der Waals surface area (Å²) in [4.78, 5) is 0. The minimum atomic E-state index is 0.878. The Morgan fingerprint density at radius 2 is 2.18 bits per heavy atom. The van der Waals surface area contributed by atoms with Crippen LogP contribution in [0.1, 0.15) is 19.3 Å². The summed E-state index contributed by atoms with van der Waals surface area (Å²) in [6.45, 7) is 6.67. The fourth-order valence-corrected chi connectivity index (χ4v) is 0.826. The normalized spacial score (nSPS) is 9.91. The highest BCUT2D eigenvalue weighted by molar-refractivity contribution is 4.67. The maximum atomic E-state index is 4.93. The molecule has 0 saturated carbocycles. The van der Waals surface area contributed by atoms with Crippen LogP contribution in [0.15, 0.2) is 12.7 Å². The molecule has 2 heteroatoms. The third kappa shape index (κ3) is 9.66. The quantitative estimate of drug-likeness (QED) is 0.426. The van der Waals surface area contributed by atoms with Crippen molar-refractivity contribution in [1.82, 2.24) is 5.32 Å². The number of hydrogen-bond acceptors (Lipinski definition) is 2.